The second kappa shape index (κ2) is 6.69. The molecule has 5 nitrogen and oxygen atoms in total. The van der Waals surface area contributed by atoms with Crippen molar-refractivity contribution in [3.8, 4) is 0 Å². The fraction of sp³-hybridized carbons (Fsp3) is 0.571. The molecule has 1 aromatic rings. The maximum atomic E-state index is 11.3. The molecule has 0 saturated carbocycles. The summed E-state index contributed by atoms with van der Waals surface area (Å²) < 4.78 is 7.54. The van der Waals surface area contributed by atoms with Gasteiger partial charge in [-0.15, -0.1) is 12.4 Å². The van der Waals surface area contributed by atoms with E-state index in [9.17, 15) is 4.79 Å². The Kier molecular flexibility index (Phi) is 6.35. The number of aromatic nitrogens is 2. The maximum absolute atomic E-state index is 11.3. The van der Waals surface area contributed by atoms with Gasteiger partial charge >= 0.3 is 0 Å². The summed E-state index contributed by atoms with van der Waals surface area (Å²) in [6, 6.07) is 0. The van der Waals surface area contributed by atoms with Crippen LogP contribution in [0.5, 0.6) is 0 Å². The lowest BCUT2D eigenvalue weighted by molar-refractivity contribution is 0.0944. The molecule has 0 aliphatic heterocycles. The summed E-state index contributed by atoms with van der Waals surface area (Å²) in [5, 5.41) is 2.72. The van der Waals surface area contributed by atoms with Crippen LogP contribution in [-0.4, -0.2) is 27.7 Å². The van der Waals surface area contributed by atoms with Gasteiger partial charge in [-0.25, -0.2) is 0 Å². The Morgan fingerprint density at radius 2 is 2.50 bits per heavy atom. The van der Waals surface area contributed by atoms with Crippen LogP contribution in [0.4, 0.5) is 0 Å². The van der Waals surface area contributed by atoms with Crippen LogP contribution < -0.4 is 11.1 Å². The SMILES string of the molecule is CC(CN)CNC(=O)c1cnsn1.Cl. The topological polar surface area (TPSA) is 80.9 Å². The number of nitrogens with zero attached hydrogens (tertiary/aromatic N) is 2. The van der Waals surface area contributed by atoms with Gasteiger partial charge in [0.1, 0.15) is 0 Å². The summed E-state index contributed by atoms with van der Waals surface area (Å²) >= 11 is 1.02. The van der Waals surface area contributed by atoms with E-state index in [2.05, 4.69) is 14.1 Å². The first-order valence-electron chi connectivity index (χ1n) is 4.00. The zero-order chi connectivity index (χ0) is 9.68. The highest BCUT2D eigenvalue weighted by Crippen LogP contribution is 1.95. The number of hydrogen-bond acceptors (Lipinski definition) is 5. The largest absolute Gasteiger partial charge is 0.350 e. The summed E-state index contributed by atoms with van der Waals surface area (Å²) in [5.41, 5.74) is 5.77. The Hall–Kier alpha value is -0.720. The van der Waals surface area contributed by atoms with Crippen molar-refractivity contribution in [2.45, 2.75) is 6.92 Å². The molecular formula is C7H13ClN4OS. The number of nitrogens with two attached hydrogens (primary N) is 1. The number of halogens is 1. The summed E-state index contributed by atoms with van der Waals surface area (Å²) in [6.45, 7) is 3.11. The molecule has 0 saturated heterocycles. The van der Waals surface area contributed by atoms with Crippen molar-refractivity contribution < 1.29 is 4.79 Å². The predicted octanol–water partition coefficient (Wildman–Crippen LogP) is 0.284. The molecule has 1 heterocycles. The predicted molar refractivity (Wildman–Crippen MR) is 57.7 cm³/mol. The summed E-state index contributed by atoms with van der Waals surface area (Å²) in [5.74, 6) is 0.101. The molecule has 0 bridgehead atoms. The molecule has 0 radical (unpaired) electrons. The summed E-state index contributed by atoms with van der Waals surface area (Å²) in [6.07, 6.45) is 1.45. The molecule has 7 heteroatoms. The van der Waals surface area contributed by atoms with Gasteiger partial charge in [0.2, 0.25) is 0 Å². The van der Waals surface area contributed by atoms with Crippen LogP contribution in [0.1, 0.15) is 17.4 Å². The molecule has 3 N–H and O–H groups in total. The van der Waals surface area contributed by atoms with Gasteiger partial charge in [0.15, 0.2) is 5.69 Å². The highest BCUT2D eigenvalue weighted by atomic mass is 35.5. The molecule has 1 amide bonds. The smallest absolute Gasteiger partial charge is 0.272 e. The fourth-order valence-corrected chi connectivity index (χ4v) is 1.12. The summed E-state index contributed by atoms with van der Waals surface area (Å²) in [7, 11) is 0. The molecule has 0 fully saturated rings. The van der Waals surface area contributed by atoms with Crippen molar-refractivity contribution in [3.63, 3.8) is 0 Å². The highest BCUT2D eigenvalue weighted by Gasteiger charge is 2.08. The second-order valence-electron chi connectivity index (χ2n) is 2.84. The van der Waals surface area contributed by atoms with Crippen molar-refractivity contribution in [2.24, 2.45) is 11.7 Å². The highest BCUT2D eigenvalue weighted by molar-refractivity contribution is 6.99. The third-order valence-electron chi connectivity index (χ3n) is 1.61. The van der Waals surface area contributed by atoms with E-state index in [1.165, 1.54) is 6.20 Å². The Morgan fingerprint density at radius 3 is 3.00 bits per heavy atom. The summed E-state index contributed by atoms with van der Waals surface area (Å²) in [4.78, 5) is 11.3. The Morgan fingerprint density at radius 1 is 1.79 bits per heavy atom. The lowest BCUT2D eigenvalue weighted by Gasteiger charge is -2.08. The molecule has 1 atom stereocenters. The average Bonchev–Trinajstić information content (AvgIpc) is 2.66. The van der Waals surface area contributed by atoms with Crippen molar-refractivity contribution >= 4 is 30.0 Å². The Balaban J connectivity index is 0.00000169. The van der Waals surface area contributed by atoms with E-state index in [1.54, 1.807) is 0 Å². The van der Waals surface area contributed by atoms with E-state index in [0.717, 1.165) is 11.7 Å². The molecular weight excluding hydrogens is 224 g/mol. The lowest BCUT2D eigenvalue weighted by atomic mass is 10.2. The van der Waals surface area contributed by atoms with Gasteiger partial charge in [-0.1, -0.05) is 6.92 Å². The Bertz CT molecular complexity index is 267. The minimum absolute atomic E-state index is 0. The van der Waals surface area contributed by atoms with Crippen LogP contribution in [0.2, 0.25) is 0 Å². The molecule has 1 unspecified atom stereocenters. The van der Waals surface area contributed by atoms with E-state index in [-0.39, 0.29) is 24.2 Å². The average molecular weight is 237 g/mol. The zero-order valence-corrected chi connectivity index (χ0v) is 9.40. The van der Waals surface area contributed by atoms with Crippen LogP contribution in [0.25, 0.3) is 0 Å². The lowest BCUT2D eigenvalue weighted by Crippen LogP contribution is -2.31. The Labute approximate surface area is 92.8 Å². The molecule has 1 aromatic heterocycles. The van der Waals surface area contributed by atoms with Crippen LogP contribution in [-0.2, 0) is 0 Å². The fourth-order valence-electron chi connectivity index (χ4n) is 0.706. The van der Waals surface area contributed by atoms with Crippen molar-refractivity contribution in [1.29, 1.82) is 0 Å². The van der Waals surface area contributed by atoms with E-state index in [4.69, 9.17) is 5.73 Å². The van der Waals surface area contributed by atoms with Crippen LogP contribution in [0.15, 0.2) is 6.20 Å². The second-order valence-corrected chi connectivity index (χ2v) is 3.40. The van der Waals surface area contributed by atoms with Gasteiger partial charge in [-0.2, -0.15) is 8.75 Å². The van der Waals surface area contributed by atoms with Crippen molar-refractivity contribution in [1.82, 2.24) is 14.1 Å². The van der Waals surface area contributed by atoms with Gasteiger partial charge in [0.05, 0.1) is 17.9 Å². The number of carbonyl (C=O) groups excluding carboxylic acids is 1. The number of rotatable bonds is 4. The molecule has 0 aliphatic rings. The number of carbonyl (C=O) groups is 1. The van der Waals surface area contributed by atoms with E-state index < -0.39 is 0 Å². The first-order valence-corrected chi connectivity index (χ1v) is 4.73. The minimum Gasteiger partial charge on any atom is -0.350 e. The van der Waals surface area contributed by atoms with Crippen LogP contribution in [0.3, 0.4) is 0 Å². The van der Waals surface area contributed by atoms with Gasteiger partial charge in [-0.3, -0.25) is 4.79 Å². The number of nitrogens with one attached hydrogen (secondary N) is 1. The standard InChI is InChI=1S/C7H12N4OS.ClH/c1-5(2-8)3-9-7(12)6-4-10-13-11-6;/h4-5H,2-3,8H2,1H3,(H,9,12);1H. The van der Waals surface area contributed by atoms with Crippen molar-refractivity contribution in [2.75, 3.05) is 13.1 Å². The monoisotopic (exact) mass is 236 g/mol. The van der Waals surface area contributed by atoms with Crippen LogP contribution in [0, 0.1) is 5.92 Å². The molecule has 14 heavy (non-hydrogen) atoms. The third-order valence-corrected chi connectivity index (χ3v) is 2.09. The van der Waals surface area contributed by atoms with E-state index >= 15 is 0 Å². The number of hydrogen-bond donors (Lipinski definition) is 2. The molecule has 0 aliphatic carbocycles. The first kappa shape index (κ1) is 13.3. The normalized spacial score (nSPS) is 11.6. The quantitative estimate of drug-likeness (QED) is 0.787. The van der Waals surface area contributed by atoms with Gasteiger partial charge in [0.25, 0.3) is 5.91 Å². The van der Waals surface area contributed by atoms with Crippen LogP contribution >= 0.6 is 24.1 Å². The molecule has 80 valence electrons. The molecule has 0 aromatic carbocycles. The maximum Gasteiger partial charge on any atom is 0.272 e. The molecule has 1 rings (SSSR count). The zero-order valence-electron chi connectivity index (χ0n) is 7.77. The molecule has 0 spiro atoms. The first-order chi connectivity index (χ1) is 6.24. The van der Waals surface area contributed by atoms with Gasteiger partial charge in [-0.05, 0) is 12.5 Å². The van der Waals surface area contributed by atoms with Crippen molar-refractivity contribution in [3.05, 3.63) is 11.9 Å². The van der Waals surface area contributed by atoms with E-state index in [1.807, 2.05) is 6.92 Å². The van der Waals surface area contributed by atoms with Gasteiger partial charge < -0.3 is 11.1 Å². The van der Waals surface area contributed by atoms with Gasteiger partial charge in [0, 0.05) is 6.54 Å². The number of amides is 1. The third kappa shape index (κ3) is 3.99. The van der Waals surface area contributed by atoms with E-state index in [0.29, 0.717) is 18.8 Å². The minimum atomic E-state index is -0.186.